The van der Waals surface area contributed by atoms with Gasteiger partial charge in [-0.3, -0.25) is 9.59 Å². The Morgan fingerprint density at radius 2 is 1.71 bits per heavy atom. The van der Waals surface area contributed by atoms with Gasteiger partial charge in [-0.1, -0.05) is 0 Å². The molecule has 0 aromatic carbocycles. The van der Waals surface area contributed by atoms with E-state index in [9.17, 15) is 9.59 Å². The van der Waals surface area contributed by atoms with Gasteiger partial charge in [-0.15, -0.1) is 0 Å². The van der Waals surface area contributed by atoms with Crippen molar-refractivity contribution in [2.75, 3.05) is 13.1 Å². The van der Waals surface area contributed by atoms with Gasteiger partial charge in [-0.25, -0.2) is 0 Å². The molecule has 2 saturated heterocycles. The van der Waals surface area contributed by atoms with E-state index in [2.05, 4.69) is 10.6 Å². The number of carboxylic acids is 2. The SMILES string of the molecule is O=C(O)[C@@H]1CCCN1.O=C(O)[C@@H]1C[C@@H](O)CN1. The number of hydrogen-bond donors (Lipinski definition) is 5. The molecule has 2 fully saturated rings. The molecule has 0 radical (unpaired) electrons. The van der Waals surface area contributed by atoms with E-state index in [1.165, 1.54) is 0 Å². The number of hydrogen-bond acceptors (Lipinski definition) is 5. The third-order valence-electron chi connectivity index (χ3n) is 2.76. The smallest absolute Gasteiger partial charge is 0.320 e. The average molecular weight is 246 g/mol. The Hall–Kier alpha value is -1.18. The van der Waals surface area contributed by atoms with Crippen LogP contribution >= 0.6 is 0 Å². The van der Waals surface area contributed by atoms with Crippen LogP contribution in [0.5, 0.6) is 0 Å². The topological polar surface area (TPSA) is 119 Å². The zero-order valence-electron chi connectivity index (χ0n) is 9.43. The fourth-order valence-electron chi connectivity index (χ4n) is 1.80. The van der Waals surface area contributed by atoms with Crippen molar-refractivity contribution in [2.45, 2.75) is 37.5 Å². The number of carbonyl (C=O) groups is 2. The molecule has 0 aliphatic carbocycles. The zero-order chi connectivity index (χ0) is 12.8. The maximum atomic E-state index is 10.2. The summed E-state index contributed by atoms with van der Waals surface area (Å²) in [5.74, 6) is -1.60. The van der Waals surface area contributed by atoms with Gasteiger partial charge < -0.3 is 26.0 Å². The number of rotatable bonds is 2. The van der Waals surface area contributed by atoms with Gasteiger partial charge in [0.05, 0.1) is 6.10 Å². The minimum Gasteiger partial charge on any atom is -0.480 e. The molecule has 5 N–H and O–H groups in total. The molecule has 0 aromatic rings. The van der Waals surface area contributed by atoms with Crippen molar-refractivity contribution >= 4 is 11.9 Å². The standard InChI is InChI=1S/C5H9NO3.C5H9NO2/c7-3-1-4(5(8)9)6-2-3;7-5(8)4-2-1-3-6-4/h3-4,6-7H,1-2H2,(H,8,9);4,6H,1-3H2,(H,7,8)/t3-,4+;4-/m10/s1. The number of carboxylic acid groups (broad SMARTS) is 2. The number of aliphatic hydroxyl groups is 1. The van der Waals surface area contributed by atoms with Crippen LogP contribution in [0.25, 0.3) is 0 Å². The number of nitrogens with one attached hydrogen (secondary N) is 2. The van der Waals surface area contributed by atoms with E-state index in [0.717, 1.165) is 19.4 Å². The van der Waals surface area contributed by atoms with Gasteiger partial charge in [0.15, 0.2) is 0 Å². The molecule has 2 aliphatic rings. The van der Waals surface area contributed by atoms with Gasteiger partial charge in [0.1, 0.15) is 12.1 Å². The van der Waals surface area contributed by atoms with Crippen LogP contribution in [-0.2, 0) is 9.59 Å². The highest BCUT2D eigenvalue weighted by Gasteiger charge is 2.27. The predicted molar refractivity (Wildman–Crippen MR) is 58.7 cm³/mol. The van der Waals surface area contributed by atoms with Crippen molar-refractivity contribution in [3.63, 3.8) is 0 Å². The van der Waals surface area contributed by atoms with Crippen LogP contribution in [0.3, 0.4) is 0 Å². The van der Waals surface area contributed by atoms with Crippen LogP contribution in [-0.4, -0.2) is 58.5 Å². The first-order valence-electron chi connectivity index (χ1n) is 5.61. The number of β-amino-alcohol motifs (C(OH)–C–C–N with tert-alkyl or cyclic N) is 1. The molecule has 2 rings (SSSR count). The Labute approximate surface area is 98.8 Å². The Balaban J connectivity index is 0.000000171. The Kier molecular flexibility index (Phi) is 5.33. The highest BCUT2D eigenvalue weighted by atomic mass is 16.4. The van der Waals surface area contributed by atoms with Crippen molar-refractivity contribution in [1.29, 1.82) is 0 Å². The monoisotopic (exact) mass is 246 g/mol. The predicted octanol–water partition coefficient (Wildman–Crippen LogP) is -1.38. The van der Waals surface area contributed by atoms with Crippen molar-refractivity contribution in [3.8, 4) is 0 Å². The first-order chi connectivity index (χ1) is 8.00. The molecule has 98 valence electrons. The number of aliphatic carboxylic acids is 2. The van der Waals surface area contributed by atoms with E-state index in [1.54, 1.807) is 0 Å². The second-order valence-electron chi connectivity index (χ2n) is 4.18. The van der Waals surface area contributed by atoms with Crippen LogP contribution in [0.2, 0.25) is 0 Å². The highest BCUT2D eigenvalue weighted by molar-refractivity contribution is 5.74. The van der Waals surface area contributed by atoms with Gasteiger partial charge in [0.2, 0.25) is 0 Å². The molecule has 0 saturated carbocycles. The average Bonchev–Trinajstić information content (AvgIpc) is 2.87. The lowest BCUT2D eigenvalue weighted by Crippen LogP contribution is -2.29. The van der Waals surface area contributed by atoms with Crippen molar-refractivity contribution in [2.24, 2.45) is 0 Å². The molecular formula is C10H18N2O5. The molecule has 3 atom stereocenters. The molecule has 2 heterocycles. The van der Waals surface area contributed by atoms with Crippen LogP contribution in [0.1, 0.15) is 19.3 Å². The van der Waals surface area contributed by atoms with Gasteiger partial charge in [0.25, 0.3) is 0 Å². The summed E-state index contributed by atoms with van der Waals surface area (Å²) >= 11 is 0. The van der Waals surface area contributed by atoms with Gasteiger partial charge in [-0.05, 0) is 19.4 Å². The van der Waals surface area contributed by atoms with Crippen LogP contribution in [0, 0.1) is 0 Å². The normalized spacial score (nSPS) is 31.7. The lowest BCUT2D eigenvalue weighted by Gasteiger charge is -1.99. The minimum atomic E-state index is -0.883. The van der Waals surface area contributed by atoms with E-state index < -0.39 is 24.1 Å². The van der Waals surface area contributed by atoms with Gasteiger partial charge in [0, 0.05) is 13.0 Å². The third-order valence-corrected chi connectivity index (χ3v) is 2.76. The van der Waals surface area contributed by atoms with Gasteiger partial charge >= 0.3 is 11.9 Å². The number of aliphatic hydroxyl groups excluding tert-OH is 1. The molecule has 2 aliphatic heterocycles. The molecule has 0 spiro atoms. The molecule has 0 bridgehead atoms. The highest BCUT2D eigenvalue weighted by Crippen LogP contribution is 2.05. The maximum Gasteiger partial charge on any atom is 0.320 e. The first kappa shape index (κ1) is 13.9. The van der Waals surface area contributed by atoms with Crippen LogP contribution in [0.4, 0.5) is 0 Å². The molecule has 7 heteroatoms. The van der Waals surface area contributed by atoms with Crippen molar-refractivity contribution < 1.29 is 24.9 Å². The van der Waals surface area contributed by atoms with E-state index in [4.69, 9.17) is 15.3 Å². The molecule has 0 amide bonds. The van der Waals surface area contributed by atoms with E-state index in [0.29, 0.717) is 13.0 Å². The summed E-state index contributed by atoms with van der Waals surface area (Å²) in [6.45, 7) is 1.26. The largest absolute Gasteiger partial charge is 0.480 e. The Bertz CT molecular complexity index is 278. The lowest BCUT2D eigenvalue weighted by atomic mass is 10.2. The first-order valence-corrected chi connectivity index (χ1v) is 5.61. The fraction of sp³-hybridized carbons (Fsp3) is 0.800. The van der Waals surface area contributed by atoms with Gasteiger partial charge in [-0.2, -0.15) is 0 Å². The zero-order valence-corrected chi connectivity index (χ0v) is 9.43. The quantitative estimate of drug-likeness (QED) is 0.407. The second kappa shape index (κ2) is 6.53. The Morgan fingerprint density at radius 1 is 1.06 bits per heavy atom. The molecular weight excluding hydrogens is 228 g/mol. The van der Waals surface area contributed by atoms with E-state index in [-0.39, 0.29) is 6.04 Å². The molecule has 17 heavy (non-hydrogen) atoms. The molecule has 7 nitrogen and oxygen atoms in total. The summed E-state index contributed by atoms with van der Waals surface area (Å²) in [6, 6.07) is -0.810. The van der Waals surface area contributed by atoms with Crippen molar-refractivity contribution in [1.82, 2.24) is 10.6 Å². The van der Waals surface area contributed by atoms with Crippen LogP contribution in [0.15, 0.2) is 0 Å². The molecule has 0 unspecified atom stereocenters. The summed E-state index contributed by atoms with van der Waals surface area (Å²) in [7, 11) is 0. The Morgan fingerprint density at radius 3 is 1.94 bits per heavy atom. The maximum absolute atomic E-state index is 10.2. The van der Waals surface area contributed by atoms with Crippen LogP contribution < -0.4 is 10.6 Å². The van der Waals surface area contributed by atoms with E-state index >= 15 is 0 Å². The third kappa shape index (κ3) is 4.68. The molecule has 0 aromatic heterocycles. The summed E-state index contributed by atoms with van der Waals surface area (Å²) in [6.07, 6.45) is 1.63. The summed E-state index contributed by atoms with van der Waals surface area (Å²) in [5, 5.41) is 31.0. The lowest BCUT2D eigenvalue weighted by molar-refractivity contribution is -0.140. The summed E-state index contributed by atoms with van der Waals surface area (Å²) in [4.78, 5) is 20.3. The minimum absolute atomic E-state index is 0.269. The fourth-order valence-corrected chi connectivity index (χ4v) is 1.80. The van der Waals surface area contributed by atoms with E-state index in [1.807, 2.05) is 0 Å². The van der Waals surface area contributed by atoms with Crippen molar-refractivity contribution in [3.05, 3.63) is 0 Å². The summed E-state index contributed by atoms with van der Waals surface area (Å²) in [5.41, 5.74) is 0. The summed E-state index contributed by atoms with van der Waals surface area (Å²) < 4.78 is 0. The second-order valence-corrected chi connectivity index (χ2v) is 4.18.